The molecule has 0 spiro atoms. The lowest BCUT2D eigenvalue weighted by Crippen LogP contribution is -2.34. The zero-order valence-electron chi connectivity index (χ0n) is 10.2. The van der Waals surface area contributed by atoms with Crippen molar-refractivity contribution >= 4 is 17.7 Å². The summed E-state index contributed by atoms with van der Waals surface area (Å²) in [4.78, 5) is 14.7. The zero-order chi connectivity index (χ0) is 12.8. The van der Waals surface area contributed by atoms with Gasteiger partial charge in [-0.3, -0.25) is 4.79 Å². The van der Waals surface area contributed by atoms with Crippen molar-refractivity contribution in [1.29, 1.82) is 0 Å². The van der Waals surface area contributed by atoms with Gasteiger partial charge in [0, 0.05) is 24.1 Å². The van der Waals surface area contributed by atoms with Crippen molar-refractivity contribution in [2.45, 2.75) is 24.2 Å². The number of phenolic OH excluding ortho intramolecular Hbond substituents is 1. The summed E-state index contributed by atoms with van der Waals surface area (Å²) in [6.45, 7) is 1.76. The van der Waals surface area contributed by atoms with Gasteiger partial charge in [0.15, 0.2) is 0 Å². The molecule has 1 heterocycles. The van der Waals surface area contributed by atoms with Gasteiger partial charge in [0.25, 0.3) is 0 Å². The van der Waals surface area contributed by atoms with E-state index in [1.807, 2.05) is 22.4 Å². The Hall–Kier alpha value is -1.42. The monoisotopic (exact) mass is 263 g/mol. The van der Waals surface area contributed by atoms with Gasteiger partial charge in [-0.05, 0) is 48.9 Å². The van der Waals surface area contributed by atoms with Crippen LogP contribution in [0, 0.1) is 0 Å². The topological polar surface area (TPSA) is 40.5 Å². The fourth-order valence-corrected chi connectivity index (χ4v) is 2.55. The summed E-state index contributed by atoms with van der Waals surface area (Å²) < 4.78 is 0. The minimum atomic E-state index is 0.0981. The predicted molar refractivity (Wildman–Crippen MR) is 73.5 cm³/mol. The van der Waals surface area contributed by atoms with Crippen LogP contribution in [0.25, 0.3) is 0 Å². The number of carbonyl (C=O) groups excluding carboxylic acids is 1. The molecule has 0 saturated carbocycles. The highest BCUT2D eigenvalue weighted by atomic mass is 32.2. The minimum Gasteiger partial charge on any atom is -0.508 e. The van der Waals surface area contributed by atoms with Crippen LogP contribution in [0.1, 0.15) is 19.3 Å². The van der Waals surface area contributed by atoms with Gasteiger partial charge in [0.2, 0.25) is 5.91 Å². The van der Waals surface area contributed by atoms with Gasteiger partial charge in [0.05, 0.1) is 0 Å². The summed E-state index contributed by atoms with van der Waals surface area (Å²) in [6.07, 6.45) is 5.09. The van der Waals surface area contributed by atoms with E-state index in [0.717, 1.165) is 30.8 Å². The number of carbonyl (C=O) groups is 1. The molecule has 96 valence electrons. The number of likely N-dealkylation sites (tertiary alicyclic amines) is 1. The van der Waals surface area contributed by atoms with Crippen molar-refractivity contribution < 1.29 is 9.90 Å². The van der Waals surface area contributed by atoms with E-state index in [9.17, 15) is 4.79 Å². The van der Waals surface area contributed by atoms with Gasteiger partial charge in [-0.25, -0.2) is 0 Å². The Labute approximate surface area is 111 Å². The highest BCUT2D eigenvalue weighted by Crippen LogP contribution is 2.21. The first-order chi connectivity index (χ1) is 8.75. The van der Waals surface area contributed by atoms with Gasteiger partial charge in [-0.1, -0.05) is 11.8 Å². The van der Waals surface area contributed by atoms with Crippen molar-refractivity contribution in [2.24, 2.45) is 0 Å². The van der Waals surface area contributed by atoms with Crippen LogP contribution in [-0.2, 0) is 4.79 Å². The average molecular weight is 263 g/mol. The molecule has 0 bridgehead atoms. The van der Waals surface area contributed by atoms with Gasteiger partial charge < -0.3 is 10.0 Å². The molecule has 3 nitrogen and oxygen atoms in total. The number of aromatic hydroxyl groups is 1. The van der Waals surface area contributed by atoms with Gasteiger partial charge in [-0.15, -0.1) is 0 Å². The third-order valence-corrected chi connectivity index (χ3v) is 3.74. The number of piperidine rings is 1. The molecule has 0 aliphatic carbocycles. The lowest BCUT2D eigenvalue weighted by molar-refractivity contribution is -0.126. The number of amides is 1. The molecule has 0 unspecified atom stereocenters. The number of hydrogen-bond acceptors (Lipinski definition) is 3. The van der Waals surface area contributed by atoms with Gasteiger partial charge in [0.1, 0.15) is 5.75 Å². The van der Waals surface area contributed by atoms with E-state index in [-0.39, 0.29) is 11.7 Å². The van der Waals surface area contributed by atoms with E-state index in [2.05, 4.69) is 0 Å². The minimum absolute atomic E-state index is 0.0981. The molecule has 1 fully saturated rings. The van der Waals surface area contributed by atoms with Crippen molar-refractivity contribution in [2.75, 3.05) is 13.1 Å². The lowest BCUT2D eigenvalue weighted by Gasteiger charge is -2.25. The lowest BCUT2D eigenvalue weighted by atomic mass is 10.1. The van der Waals surface area contributed by atoms with Gasteiger partial charge in [-0.2, -0.15) is 0 Å². The highest BCUT2D eigenvalue weighted by molar-refractivity contribution is 8.02. The van der Waals surface area contributed by atoms with Crippen molar-refractivity contribution in [3.05, 3.63) is 35.7 Å². The summed E-state index contributed by atoms with van der Waals surface area (Å²) in [5.41, 5.74) is 0. The Bertz CT molecular complexity index is 422. The van der Waals surface area contributed by atoms with E-state index in [1.165, 1.54) is 18.2 Å². The molecule has 1 aromatic rings. The highest BCUT2D eigenvalue weighted by Gasteiger charge is 2.13. The summed E-state index contributed by atoms with van der Waals surface area (Å²) in [5, 5.41) is 11.0. The molecular weight excluding hydrogens is 246 g/mol. The number of benzene rings is 1. The van der Waals surface area contributed by atoms with E-state index in [1.54, 1.807) is 18.2 Å². The number of phenols is 1. The van der Waals surface area contributed by atoms with Crippen molar-refractivity contribution in [1.82, 2.24) is 4.90 Å². The third-order valence-electron chi connectivity index (χ3n) is 2.92. The molecule has 0 aromatic heterocycles. The Balaban J connectivity index is 1.83. The standard InChI is InChI=1S/C14H17NO2S/c16-12-4-6-13(7-5-12)18-11-8-14(17)15-9-2-1-3-10-15/h4-8,11,16H,1-3,9-10H2. The predicted octanol–water partition coefficient (Wildman–Crippen LogP) is 3.01. The molecule has 1 saturated heterocycles. The molecule has 1 aliphatic rings. The molecule has 4 heteroatoms. The van der Waals surface area contributed by atoms with Crippen molar-refractivity contribution in [3.8, 4) is 5.75 Å². The Kier molecular flexibility index (Phi) is 4.70. The van der Waals surface area contributed by atoms with Gasteiger partial charge >= 0.3 is 0 Å². The van der Waals surface area contributed by atoms with E-state index < -0.39 is 0 Å². The largest absolute Gasteiger partial charge is 0.508 e. The fraction of sp³-hybridized carbons (Fsp3) is 0.357. The third kappa shape index (κ3) is 3.81. The maximum absolute atomic E-state index is 11.8. The number of hydrogen-bond donors (Lipinski definition) is 1. The Morgan fingerprint density at radius 1 is 1.17 bits per heavy atom. The van der Waals surface area contributed by atoms with E-state index in [0.29, 0.717) is 0 Å². The van der Waals surface area contributed by atoms with Crippen LogP contribution < -0.4 is 0 Å². The summed E-state index contributed by atoms with van der Waals surface area (Å²) in [5.74, 6) is 0.355. The molecule has 0 radical (unpaired) electrons. The zero-order valence-corrected chi connectivity index (χ0v) is 11.0. The quantitative estimate of drug-likeness (QED) is 0.673. The maximum atomic E-state index is 11.8. The van der Waals surface area contributed by atoms with Crippen LogP contribution in [0.2, 0.25) is 0 Å². The Morgan fingerprint density at radius 2 is 1.83 bits per heavy atom. The second kappa shape index (κ2) is 6.50. The molecular formula is C14H17NO2S. The number of thioether (sulfide) groups is 1. The number of rotatable bonds is 3. The van der Waals surface area contributed by atoms with Crippen LogP contribution in [-0.4, -0.2) is 29.0 Å². The van der Waals surface area contributed by atoms with Crippen LogP contribution in [0.3, 0.4) is 0 Å². The Morgan fingerprint density at radius 3 is 2.50 bits per heavy atom. The van der Waals surface area contributed by atoms with E-state index in [4.69, 9.17) is 5.11 Å². The first-order valence-electron chi connectivity index (χ1n) is 6.17. The maximum Gasteiger partial charge on any atom is 0.247 e. The molecule has 1 aliphatic heterocycles. The summed E-state index contributed by atoms with van der Waals surface area (Å²) in [6, 6.07) is 6.94. The van der Waals surface area contributed by atoms with Crippen LogP contribution >= 0.6 is 11.8 Å². The van der Waals surface area contributed by atoms with Crippen molar-refractivity contribution in [3.63, 3.8) is 0 Å². The van der Waals surface area contributed by atoms with E-state index >= 15 is 0 Å². The van der Waals surface area contributed by atoms with Crippen LogP contribution in [0.4, 0.5) is 0 Å². The summed E-state index contributed by atoms with van der Waals surface area (Å²) >= 11 is 1.48. The SMILES string of the molecule is O=C(C=CSc1ccc(O)cc1)N1CCCCC1. The average Bonchev–Trinajstić information content (AvgIpc) is 2.42. The van der Waals surface area contributed by atoms with Crippen LogP contribution in [0.15, 0.2) is 40.6 Å². The molecule has 1 aromatic carbocycles. The first-order valence-corrected chi connectivity index (χ1v) is 7.05. The number of nitrogens with zero attached hydrogens (tertiary/aromatic N) is 1. The second-order valence-electron chi connectivity index (χ2n) is 4.30. The molecule has 0 atom stereocenters. The van der Waals surface area contributed by atoms with Crippen LogP contribution in [0.5, 0.6) is 5.75 Å². The molecule has 18 heavy (non-hydrogen) atoms. The fourth-order valence-electron chi connectivity index (χ4n) is 1.92. The first kappa shape index (κ1) is 13.0. The summed E-state index contributed by atoms with van der Waals surface area (Å²) in [7, 11) is 0. The molecule has 2 rings (SSSR count). The normalized spacial score (nSPS) is 16.1. The smallest absolute Gasteiger partial charge is 0.247 e. The second-order valence-corrected chi connectivity index (χ2v) is 5.28. The molecule has 1 amide bonds. The molecule has 1 N–H and O–H groups in total.